The monoisotopic (exact) mass is 870 g/mol. The van der Waals surface area contributed by atoms with E-state index in [0.717, 1.165) is 114 Å². The van der Waals surface area contributed by atoms with Gasteiger partial charge < -0.3 is 25.2 Å². The van der Waals surface area contributed by atoms with E-state index in [9.17, 15) is 28.0 Å². The van der Waals surface area contributed by atoms with E-state index in [1.165, 1.54) is 15.3 Å². The lowest BCUT2D eigenvalue weighted by Gasteiger charge is -2.36. The lowest BCUT2D eigenvalue weighted by atomic mass is 9.85. The van der Waals surface area contributed by atoms with E-state index >= 15 is 0 Å². The Bertz CT molecular complexity index is 2510. The van der Waals surface area contributed by atoms with Crippen LogP contribution in [0.15, 0.2) is 47.7 Å². The second-order valence-electron chi connectivity index (χ2n) is 17.6. The molecule has 3 amide bonds. The predicted molar refractivity (Wildman–Crippen MR) is 231 cm³/mol. The molecule has 19 heteroatoms. The van der Waals surface area contributed by atoms with E-state index in [4.69, 9.17) is 9.72 Å². The number of ether oxygens (including phenoxy) is 1. The number of hydrogen-bond acceptors (Lipinski definition) is 11. The Balaban J connectivity index is 0.712. The van der Waals surface area contributed by atoms with Crippen molar-refractivity contribution in [3.63, 3.8) is 0 Å². The number of carbonyl (C=O) groups excluding carboxylic acids is 3. The second kappa shape index (κ2) is 18.7. The number of carbonyl (C=O) groups is 3. The fraction of sp³-hybridized carbons (Fsp3) is 0.568. The van der Waals surface area contributed by atoms with Crippen molar-refractivity contribution in [3.05, 3.63) is 70.2 Å². The number of alkyl halides is 2. The maximum Gasteiger partial charge on any atom is 0.329 e. The van der Waals surface area contributed by atoms with Crippen molar-refractivity contribution in [1.82, 2.24) is 49.0 Å². The van der Waals surface area contributed by atoms with Crippen LogP contribution in [0.2, 0.25) is 0 Å². The van der Waals surface area contributed by atoms with Crippen LogP contribution in [-0.2, 0) is 27.8 Å². The third kappa shape index (κ3) is 9.13. The quantitative estimate of drug-likeness (QED) is 0.107. The van der Waals surface area contributed by atoms with Gasteiger partial charge >= 0.3 is 5.69 Å². The van der Waals surface area contributed by atoms with Crippen molar-refractivity contribution < 1.29 is 27.9 Å². The molecule has 4 fully saturated rings. The summed E-state index contributed by atoms with van der Waals surface area (Å²) in [5.74, 6) is 0.457. The topological polar surface area (TPSA) is 178 Å². The molecule has 336 valence electrons. The number of fused-ring (bicyclic) bond motifs is 2. The minimum Gasteiger partial charge on any atom is -0.381 e. The third-order valence-corrected chi connectivity index (χ3v) is 13.5. The summed E-state index contributed by atoms with van der Waals surface area (Å²) in [6, 6.07) is 6.92. The van der Waals surface area contributed by atoms with E-state index in [1.54, 1.807) is 28.7 Å². The number of anilines is 2. The van der Waals surface area contributed by atoms with Gasteiger partial charge in [-0.1, -0.05) is 12.1 Å². The fourth-order valence-electron chi connectivity index (χ4n) is 9.99. The van der Waals surface area contributed by atoms with Crippen LogP contribution >= 0.6 is 0 Å². The summed E-state index contributed by atoms with van der Waals surface area (Å²) in [6.07, 6.45) is 9.68. The summed E-state index contributed by atoms with van der Waals surface area (Å²) < 4.78 is 41.0. The molecule has 1 aliphatic carbocycles. The summed E-state index contributed by atoms with van der Waals surface area (Å²) in [7, 11) is 1.73. The number of amides is 3. The largest absolute Gasteiger partial charge is 0.381 e. The SMILES string of the molecule is Cn1c(=O)n(C2CCC(=O)NC2=O)c2cccc(CCCOCC3CCN(CC4CCC(n5cc(NC(=O)c6cnn7ccc(N8CCNCC8)nc67)c(C(F)F)n5)CC4)CC3)c21. The number of piperazine rings is 1. The number of halogens is 2. The summed E-state index contributed by atoms with van der Waals surface area (Å²) >= 11 is 0. The molecule has 3 N–H and O–H groups in total. The molecule has 0 radical (unpaired) electrons. The average molecular weight is 871 g/mol. The Labute approximate surface area is 363 Å². The number of hydrogen-bond donors (Lipinski definition) is 3. The van der Waals surface area contributed by atoms with E-state index in [2.05, 4.69) is 35.9 Å². The zero-order chi connectivity index (χ0) is 43.6. The van der Waals surface area contributed by atoms with Gasteiger partial charge in [0.1, 0.15) is 17.4 Å². The fourth-order valence-corrected chi connectivity index (χ4v) is 9.99. The Morgan fingerprint density at radius 1 is 0.984 bits per heavy atom. The molecule has 1 aromatic carbocycles. The lowest BCUT2D eigenvalue weighted by molar-refractivity contribution is -0.135. The van der Waals surface area contributed by atoms with Gasteiger partial charge in [-0.3, -0.25) is 33.5 Å². The lowest BCUT2D eigenvalue weighted by Crippen LogP contribution is -2.44. The van der Waals surface area contributed by atoms with Crippen molar-refractivity contribution in [2.75, 3.05) is 69.2 Å². The molecule has 17 nitrogen and oxygen atoms in total. The molecule has 9 rings (SSSR count). The third-order valence-electron chi connectivity index (χ3n) is 13.5. The van der Waals surface area contributed by atoms with E-state index in [1.807, 2.05) is 24.3 Å². The summed E-state index contributed by atoms with van der Waals surface area (Å²) in [6.45, 7) is 7.65. The molecular formula is C44H56F2N12O5. The highest BCUT2D eigenvalue weighted by atomic mass is 19.3. The summed E-state index contributed by atoms with van der Waals surface area (Å²) in [5, 5.41) is 16.9. The van der Waals surface area contributed by atoms with Crippen molar-refractivity contribution in [3.8, 4) is 0 Å². The van der Waals surface area contributed by atoms with Crippen LogP contribution in [-0.4, -0.2) is 115 Å². The molecule has 7 heterocycles. The zero-order valence-corrected chi connectivity index (χ0v) is 35.7. The van der Waals surface area contributed by atoms with Gasteiger partial charge in [0, 0.05) is 71.8 Å². The highest BCUT2D eigenvalue weighted by Gasteiger charge is 2.33. The van der Waals surface area contributed by atoms with Gasteiger partial charge in [0.05, 0.1) is 29.0 Å². The minimum absolute atomic E-state index is 0.00607. The highest BCUT2D eigenvalue weighted by molar-refractivity contribution is 6.08. The number of rotatable bonds is 14. The Morgan fingerprint density at radius 2 is 1.78 bits per heavy atom. The first-order valence-electron chi connectivity index (χ1n) is 22.4. The molecule has 0 bridgehead atoms. The number of nitrogens with one attached hydrogen (secondary N) is 3. The molecule has 1 unspecified atom stereocenters. The van der Waals surface area contributed by atoms with Crippen LogP contribution in [0, 0.1) is 11.8 Å². The number of para-hydroxylation sites is 1. The molecule has 1 saturated carbocycles. The number of piperidine rings is 2. The van der Waals surface area contributed by atoms with Crippen molar-refractivity contribution in [1.29, 1.82) is 0 Å². The molecule has 4 aliphatic rings. The van der Waals surface area contributed by atoms with Crippen LogP contribution in [0.5, 0.6) is 0 Å². The molecule has 3 saturated heterocycles. The van der Waals surface area contributed by atoms with Crippen molar-refractivity contribution in [2.24, 2.45) is 18.9 Å². The smallest absolute Gasteiger partial charge is 0.329 e. The van der Waals surface area contributed by atoms with Gasteiger partial charge in [-0.25, -0.2) is 23.1 Å². The van der Waals surface area contributed by atoms with Gasteiger partial charge in [-0.15, -0.1) is 0 Å². The molecule has 4 aromatic heterocycles. The number of aromatic nitrogens is 7. The second-order valence-corrected chi connectivity index (χ2v) is 17.6. The van der Waals surface area contributed by atoms with Gasteiger partial charge in [-0.2, -0.15) is 10.2 Å². The van der Waals surface area contributed by atoms with Crippen LogP contribution in [0.3, 0.4) is 0 Å². The Morgan fingerprint density at radius 3 is 2.54 bits per heavy atom. The number of imide groups is 1. The average Bonchev–Trinajstić information content (AvgIpc) is 3.99. The number of likely N-dealkylation sites (tertiary alicyclic amines) is 1. The molecule has 0 spiro atoms. The summed E-state index contributed by atoms with van der Waals surface area (Å²) in [4.78, 5) is 60.4. The summed E-state index contributed by atoms with van der Waals surface area (Å²) in [5.41, 5.74) is 2.41. The number of benzene rings is 1. The Kier molecular flexibility index (Phi) is 12.7. The standard InChI is InChI=1S/C44H56F2N12O5/c1-53-39-30(4-2-6-34(39)58(44(53)62)35-11-12-37(59)51-43(35)61)5-3-23-63-27-29-13-18-54(19-14-29)25-28-7-9-31(10-8-28)57-26-33(38(52-57)40(45)46)49-42(60)32-24-48-56-20-15-36(50-41(32)56)55-21-16-47-17-22-55/h2,4,6,15,20,24,26,28-29,31,35,40,47H,3,5,7-14,16-19,21-23,25,27H2,1H3,(H,49,60)(H,51,59,61). The highest BCUT2D eigenvalue weighted by Crippen LogP contribution is 2.36. The number of nitrogens with zero attached hydrogens (tertiary/aromatic N) is 9. The molecule has 1 atom stereocenters. The van der Waals surface area contributed by atoms with Crippen molar-refractivity contribution in [2.45, 2.75) is 82.7 Å². The maximum atomic E-state index is 14.3. The Hall–Kier alpha value is -5.53. The van der Waals surface area contributed by atoms with Gasteiger partial charge in [0.2, 0.25) is 11.8 Å². The predicted octanol–water partition coefficient (Wildman–Crippen LogP) is 4.25. The van der Waals surface area contributed by atoms with E-state index in [0.29, 0.717) is 42.6 Å². The molecule has 3 aliphatic heterocycles. The minimum atomic E-state index is -2.85. The first-order valence-corrected chi connectivity index (χ1v) is 22.4. The number of aryl methyl sites for hydroxylation is 2. The van der Waals surface area contributed by atoms with Crippen LogP contribution in [0.25, 0.3) is 16.7 Å². The van der Waals surface area contributed by atoms with Crippen LogP contribution in [0.4, 0.5) is 20.3 Å². The molecule has 5 aromatic rings. The van der Waals surface area contributed by atoms with Gasteiger partial charge in [0.15, 0.2) is 11.3 Å². The van der Waals surface area contributed by atoms with Crippen LogP contribution < -0.4 is 26.5 Å². The van der Waals surface area contributed by atoms with Crippen LogP contribution in [0.1, 0.15) is 97.9 Å². The normalized spacial score (nSPS) is 21.8. The van der Waals surface area contributed by atoms with Gasteiger partial charge in [0.25, 0.3) is 12.3 Å². The first-order chi connectivity index (χ1) is 30.6. The first kappa shape index (κ1) is 42.8. The van der Waals surface area contributed by atoms with Crippen molar-refractivity contribution >= 4 is 45.9 Å². The molecular weight excluding hydrogens is 815 g/mol. The zero-order valence-electron chi connectivity index (χ0n) is 35.7. The maximum absolute atomic E-state index is 14.3. The van der Waals surface area contributed by atoms with E-state index < -0.39 is 30.0 Å². The van der Waals surface area contributed by atoms with Gasteiger partial charge in [-0.05, 0) is 100 Å². The van der Waals surface area contributed by atoms with E-state index in [-0.39, 0.29) is 35.3 Å². The number of imidazole rings is 1. The molecule has 63 heavy (non-hydrogen) atoms.